The van der Waals surface area contributed by atoms with Crippen LogP contribution in [0.25, 0.3) is 21.9 Å². The van der Waals surface area contributed by atoms with Crippen molar-refractivity contribution in [3.8, 4) is 11.1 Å². The molecule has 1 atom stereocenters. The summed E-state index contributed by atoms with van der Waals surface area (Å²) in [6, 6.07) is 28.7. The molecule has 1 unspecified atom stereocenters. The SMILES string of the molecule is COC(=O)c1c(-c2ccc(C)cc2)csc1NC(=O)C(C)Sc1cccc(NC(=O)c2ccc3ccccc3c2)c1. The molecule has 0 spiro atoms. The molecule has 4 aromatic carbocycles. The molecule has 0 radical (unpaired) electrons. The predicted molar refractivity (Wildman–Crippen MR) is 168 cm³/mol. The normalized spacial score (nSPS) is 11.6. The molecule has 0 aliphatic heterocycles. The number of hydrogen-bond acceptors (Lipinski definition) is 6. The van der Waals surface area contributed by atoms with Gasteiger partial charge in [-0.1, -0.05) is 66.2 Å². The van der Waals surface area contributed by atoms with Crippen LogP contribution in [-0.2, 0) is 9.53 Å². The van der Waals surface area contributed by atoms with Gasteiger partial charge in [-0.15, -0.1) is 23.1 Å². The summed E-state index contributed by atoms with van der Waals surface area (Å²) in [5.74, 6) is -0.962. The van der Waals surface area contributed by atoms with Gasteiger partial charge in [0.25, 0.3) is 5.91 Å². The first-order chi connectivity index (χ1) is 19.8. The van der Waals surface area contributed by atoms with Gasteiger partial charge in [0.1, 0.15) is 10.6 Å². The number of rotatable bonds is 8. The second-order valence-electron chi connectivity index (χ2n) is 9.50. The third-order valence-electron chi connectivity index (χ3n) is 6.57. The Bertz CT molecular complexity index is 1740. The van der Waals surface area contributed by atoms with Crippen molar-refractivity contribution in [1.29, 1.82) is 0 Å². The molecule has 1 aromatic heterocycles. The molecule has 0 aliphatic carbocycles. The smallest absolute Gasteiger partial charge is 0.341 e. The van der Waals surface area contributed by atoms with Crippen LogP contribution in [0.5, 0.6) is 0 Å². The minimum atomic E-state index is -0.507. The molecular weight excluding hydrogens is 553 g/mol. The molecule has 41 heavy (non-hydrogen) atoms. The maximum absolute atomic E-state index is 13.2. The molecule has 8 heteroatoms. The van der Waals surface area contributed by atoms with Gasteiger partial charge in [-0.05, 0) is 60.5 Å². The highest BCUT2D eigenvalue weighted by atomic mass is 32.2. The zero-order chi connectivity index (χ0) is 28.9. The average molecular weight is 581 g/mol. The summed E-state index contributed by atoms with van der Waals surface area (Å²) >= 11 is 2.65. The predicted octanol–water partition coefficient (Wildman–Crippen LogP) is 8.03. The van der Waals surface area contributed by atoms with Crippen molar-refractivity contribution in [3.05, 3.63) is 113 Å². The fourth-order valence-corrected chi connectivity index (χ4v) is 6.24. The van der Waals surface area contributed by atoms with Crippen LogP contribution >= 0.6 is 23.1 Å². The summed E-state index contributed by atoms with van der Waals surface area (Å²) in [5, 5.41) is 9.76. The Hall–Kier alpha value is -4.40. The number of anilines is 2. The molecule has 0 saturated heterocycles. The number of methoxy groups -OCH3 is 1. The van der Waals surface area contributed by atoms with Crippen LogP contribution in [-0.4, -0.2) is 30.1 Å². The summed E-state index contributed by atoms with van der Waals surface area (Å²) < 4.78 is 5.03. The number of carbonyl (C=O) groups is 3. The summed E-state index contributed by atoms with van der Waals surface area (Å²) in [6.07, 6.45) is 0. The number of thiophene rings is 1. The Morgan fingerprint density at radius 3 is 2.37 bits per heavy atom. The van der Waals surface area contributed by atoms with Gasteiger partial charge in [0, 0.05) is 27.1 Å². The van der Waals surface area contributed by atoms with Gasteiger partial charge >= 0.3 is 5.97 Å². The molecule has 6 nitrogen and oxygen atoms in total. The zero-order valence-electron chi connectivity index (χ0n) is 22.8. The quantitative estimate of drug-likeness (QED) is 0.143. The lowest BCUT2D eigenvalue weighted by Gasteiger charge is -2.13. The Balaban J connectivity index is 1.27. The Morgan fingerprint density at radius 1 is 0.854 bits per heavy atom. The standard InChI is InChI=1S/C33H28N2O4S2/c1-20-11-13-23(14-12-20)28-19-40-32(29(28)33(38)39-3)35-30(36)21(2)41-27-10-6-9-26(18-27)34-31(37)25-16-15-22-7-4-5-8-24(22)17-25/h4-19,21H,1-3H3,(H,34,37)(H,35,36). The second-order valence-corrected chi connectivity index (χ2v) is 11.8. The largest absolute Gasteiger partial charge is 0.465 e. The average Bonchev–Trinajstić information content (AvgIpc) is 3.40. The molecule has 0 saturated carbocycles. The van der Waals surface area contributed by atoms with Gasteiger partial charge in [-0.3, -0.25) is 9.59 Å². The third kappa shape index (κ3) is 6.51. The van der Waals surface area contributed by atoms with Crippen LogP contribution in [0.15, 0.2) is 101 Å². The van der Waals surface area contributed by atoms with Crippen molar-refractivity contribution >= 4 is 62.3 Å². The zero-order valence-corrected chi connectivity index (χ0v) is 24.4. The molecule has 2 N–H and O–H groups in total. The van der Waals surface area contributed by atoms with E-state index >= 15 is 0 Å². The van der Waals surface area contributed by atoms with Crippen molar-refractivity contribution in [3.63, 3.8) is 0 Å². The highest BCUT2D eigenvalue weighted by molar-refractivity contribution is 8.00. The molecule has 5 rings (SSSR count). The van der Waals surface area contributed by atoms with E-state index in [1.54, 1.807) is 13.0 Å². The number of aryl methyl sites for hydroxylation is 1. The lowest BCUT2D eigenvalue weighted by atomic mass is 10.0. The van der Waals surface area contributed by atoms with Crippen LogP contribution < -0.4 is 10.6 Å². The van der Waals surface area contributed by atoms with E-state index in [1.165, 1.54) is 30.2 Å². The van der Waals surface area contributed by atoms with E-state index in [4.69, 9.17) is 4.74 Å². The number of ether oxygens (including phenoxy) is 1. The van der Waals surface area contributed by atoms with Gasteiger partial charge in [0.15, 0.2) is 0 Å². The lowest BCUT2D eigenvalue weighted by molar-refractivity contribution is -0.115. The van der Waals surface area contributed by atoms with E-state index in [0.717, 1.165) is 26.8 Å². The van der Waals surface area contributed by atoms with E-state index < -0.39 is 11.2 Å². The fourth-order valence-electron chi connectivity index (χ4n) is 4.35. The van der Waals surface area contributed by atoms with Gasteiger partial charge < -0.3 is 15.4 Å². The molecule has 0 bridgehead atoms. The van der Waals surface area contributed by atoms with Crippen molar-refractivity contribution < 1.29 is 19.1 Å². The first kappa shape index (κ1) is 28.1. The number of thioether (sulfide) groups is 1. The molecule has 1 heterocycles. The van der Waals surface area contributed by atoms with Crippen LogP contribution in [0.4, 0.5) is 10.7 Å². The molecule has 206 valence electrons. The summed E-state index contributed by atoms with van der Waals surface area (Å²) in [6.45, 7) is 3.80. The topological polar surface area (TPSA) is 84.5 Å². The van der Waals surface area contributed by atoms with Crippen molar-refractivity contribution in [1.82, 2.24) is 0 Å². The number of esters is 1. The molecule has 0 fully saturated rings. The molecular formula is C33H28N2O4S2. The van der Waals surface area contributed by atoms with Crippen molar-refractivity contribution in [2.45, 2.75) is 24.0 Å². The number of hydrogen-bond donors (Lipinski definition) is 2. The fraction of sp³-hybridized carbons (Fsp3) is 0.121. The minimum Gasteiger partial charge on any atom is -0.465 e. The number of amides is 2. The Kier molecular flexibility index (Phi) is 8.52. The summed E-state index contributed by atoms with van der Waals surface area (Å²) in [5.41, 5.74) is 4.24. The first-order valence-electron chi connectivity index (χ1n) is 13.0. The highest BCUT2D eigenvalue weighted by Gasteiger charge is 2.24. The maximum Gasteiger partial charge on any atom is 0.341 e. The Morgan fingerprint density at radius 2 is 1.61 bits per heavy atom. The van der Waals surface area contributed by atoms with Crippen molar-refractivity contribution in [2.24, 2.45) is 0 Å². The van der Waals surface area contributed by atoms with E-state index in [1.807, 2.05) is 97.2 Å². The molecule has 0 aliphatic rings. The monoisotopic (exact) mass is 580 g/mol. The van der Waals surface area contributed by atoms with E-state index in [0.29, 0.717) is 27.4 Å². The van der Waals surface area contributed by atoms with Gasteiger partial charge in [0.05, 0.1) is 12.4 Å². The molecule has 5 aromatic rings. The van der Waals surface area contributed by atoms with E-state index in [9.17, 15) is 14.4 Å². The van der Waals surface area contributed by atoms with Crippen LogP contribution in [0, 0.1) is 6.92 Å². The van der Waals surface area contributed by atoms with Crippen LogP contribution in [0.2, 0.25) is 0 Å². The van der Waals surface area contributed by atoms with Gasteiger partial charge in [-0.25, -0.2) is 4.79 Å². The van der Waals surface area contributed by atoms with Crippen LogP contribution in [0.3, 0.4) is 0 Å². The van der Waals surface area contributed by atoms with Gasteiger partial charge in [-0.2, -0.15) is 0 Å². The third-order valence-corrected chi connectivity index (χ3v) is 8.55. The first-order valence-corrected chi connectivity index (χ1v) is 14.7. The number of benzene rings is 4. The number of carbonyl (C=O) groups excluding carboxylic acids is 3. The summed E-state index contributed by atoms with van der Waals surface area (Å²) in [4.78, 5) is 39.6. The number of nitrogens with one attached hydrogen (secondary N) is 2. The van der Waals surface area contributed by atoms with E-state index in [-0.39, 0.29) is 11.8 Å². The van der Waals surface area contributed by atoms with Crippen LogP contribution in [0.1, 0.15) is 33.2 Å². The van der Waals surface area contributed by atoms with E-state index in [2.05, 4.69) is 10.6 Å². The highest BCUT2D eigenvalue weighted by Crippen LogP contribution is 2.37. The minimum absolute atomic E-state index is 0.207. The maximum atomic E-state index is 13.2. The Labute approximate surface area is 246 Å². The second kappa shape index (κ2) is 12.4. The molecule has 2 amide bonds. The lowest BCUT2D eigenvalue weighted by Crippen LogP contribution is -2.23. The summed E-state index contributed by atoms with van der Waals surface area (Å²) in [7, 11) is 1.33. The van der Waals surface area contributed by atoms with Crippen molar-refractivity contribution in [2.75, 3.05) is 17.7 Å². The van der Waals surface area contributed by atoms with Gasteiger partial charge in [0.2, 0.25) is 5.91 Å². The number of fused-ring (bicyclic) bond motifs is 1.